The Morgan fingerprint density at radius 2 is 1.88 bits per heavy atom. The number of benzene rings is 2. The molecule has 0 aliphatic carbocycles. The Morgan fingerprint density at radius 3 is 2.54 bits per heavy atom. The van der Waals surface area contributed by atoms with Gasteiger partial charge in [0.2, 0.25) is 0 Å². The molecule has 0 saturated heterocycles. The minimum Gasteiger partial charge on any atom is -0.484 e. The van der Waals surface area contributed by atoms with Crippen LogP contribution in [0.3, 0.4) is 0 Å². The van der Waals surface area contributed by atoms with E-state index >= 15 is 0 Å². The second-order valence-electron chi connectivity index (χ2n) is 4.55. The highest BCUT2D eigenvalue weighted by Crippen LogP contribution is 2.17. The van der Waals surface area contributed by atoms with E-state index in [9.17, 15) is 14.0 Å². The largest absolute Gasteiger partial charge is 0.484 e. The van der Waals surface area contributed by atoms with Crippen LogP contribution in [-0.4, -0.2) is 18.4 Å². The molecular formula is C16H11BrFN3O3. The summed E-state index contributed by atoms with van der Waals surface area (Å²) in [7, 11) is 0. The van der Waals surface area contributed by atoms with Crippen LogP contribution < -0.4 is 15.6 Å². The first-order valence-corrected chi connectivity index (χ1v) is 7.46. The molecule has 2 amide bonds. The van der Waals surface area contributed by atoms with Crippen LogP contribution in [0.15, 0.2) is 46.9 Å². The predicted octanol–water partition coefficient (Wildman–Crippen LogP) is 2.30. The zero-order chi connectivity index (χ0) is 17.5. The standard InChI is InChI=1S/C16H11BrFN3O3/c17-14-6-3-11(18)7-13(14)16(23)21-20-15(22)9-24-12-4-1-10(8-19)2-5-12/h1-7H,9H2,(H,20,22)(H,21,23). The second kappa shape index (κ2) is 8.08. The molecule has 0 aromatic heterocycles. The van der Waals surface area contributed by atoms with E-state index in [2.05, 4.69) is 26.8 Å². The Balaban J connectivity index is 1.83. The summed E-state index contributed by atoms with van der Waals surface area (Å²) in [6.45, 7) is -0.337. The molecule has 0 fully saturated rings. The van der Waals surface area contributed by atoms with Crippen LogP contribution in [-0.2, 0) is 4.79 Å². The molecule has 0 spiro atoms. The molecule has 0 bridgehead atoms. The monoisotopic (exact) mass is 391 g/mol. The number of nitriles is 1. The average Bonchev–Trinajstić information content (AvgIpc) is 2.60. The molecular weight excluding hydrogens is 381 g/mol. The van der Waals surface area contributed by atoms with Crippen LogP contribution in [0.4, 0.5) is 4.39 Å². The van der Waals surface area contributed by atoms with E-state index in [0.717, 1.165) is 6.07 Å². The van der Waals surface area contributed by atoms with Gasteiger partial charge in [0.15, 0.2) is 6.61 Å². The van der Waals surface area contributed by atoms with Crippen molar-refractivity contribution in [2.24, 2.45) is 0 Å². The zero-order valence-corrected chi connectivity index (χ0v) is 13.8. The first-order chi connectivity index (χ1) is 11.5. The summed E-state index contributed by atoms with van der Waals surface area (Å²) in [4.78, 5) is 23.5. The number of rotatable bonds is 4. The number of amides is 2. The lowest BCUT2D eigenvalue weighted by atomic mass is 10.2. The van der Waals surface area contributed by atoms with Gasteiger partial charge in [-0.1, -0.05) is 0 Å². The molecule has 0 aliphatic rings. The quantitative estimate of drug-likeness (QED) is 0.782. The molecule has 122 valence electrons. The normalized spacial score (nSPS) is 9.71. The summed E-state index contributed by atoms with van der Waals surface area (Å²) >= 11 is 3.12. The lowest BCUT2D eigenvalue weighted by molar-refractivity contribution is -0.123. The van der Waals surface area contributed by atoms with Gasteiger partial charge < -0.3 is 4.74 Å². The van der Waals surface area contributed by atoms with Crippen molar-refractivity contribution in [3.05, 3.63) is 63.9 Å². The van der Waals surface area contributed by atoms with Gasteiger partial charge >= 0.3 is 0 Å². The molecule has 0 saturated carbocycles. The minimum atomic E-state index is -0.673. The Labute approximate surface area is 145 Å². The van der Waals surface area contributed by atoms with Gasteiger partial charge in [0.25, 0.3) is 11.8 Å². The number of carbonyl (C=O) groups is 2. The highest BCUT2D eigenvalue weighted by molar-refractivity contribution is 9.10. The Hall–Kier alpha value is -2.92. The highest BCUT2D eigenvalue weighted by Gasteiger charge is 2.12. The van der Waals surface area contributed by atoms with Crippen molar-refractivity contribution in [2.75, 3.05) is 6.61 Å². The Kier molecular flexibility index (Phi) is 5.87. The van der Waals surface area contributed by atoms with Gasteiger partial charge in [-0.25, -0.2) is 4.39 Å². The number of nitrogens with zero attached hydrogens (tertiary/aromatic N) is 1. The molecule has 6 nitrogen and oxygen atoms in total. The van der Waals surface area contributed by atoms with Crippen molar-refractivity contribution in [2.45, 2.75) is 0 Å². The molecule has 2 aromatic carbocycles. The summed E-state index contributed by atoms with van der Waals surface area (Å²) in [5.41, 5.74) is 4.84. The lowest BCUT2D eigenvalue weighted by Crippen LogP contribution is -2.44. The minimum absolute atomic E-state index is 0.0447. The van der Waals surface area contributed by atoms with E-state index in [0.29, 0.717) is 15.8 Å². The highest BCUT2D eigenvalue weighted by atomic mass is 79.9. The number of ether oxygens (including phenoxy) is 1. The Morgan fingerprint density at radius 1 is 1.17 bits per heavy atom. The molecule has 0 heterocycles. The van der Waals surface area contributed by atoms with E-state index in [1.54, 1.807) is 24.3 Å². The molecule has 0 atom stereocenters. The molecule has 2 N–H and O–H groups in total. The maximum Gasteiger partial charge on any atom is 0.276 e. The summed E-state index contributed by atoms with van der Waals surface area (Å²) in [5, 5.41) is 8.68. The van der Waals surface area contributed by atoms with Gasteiger partial charge in [-0.05, 0) is 58.4 Å². The fourth-order valence-corrected chi connectivity index (χ4v) is 2.10. The van der Waals surface area contributed by atoms with Crippen LogP contribution in [0, 0.1) is 17.1 Å². The van der Waals surface area contributed by atoms with Crippen LogP contribution in [0.2, 0.25) is 0 Å². The summed E-state index contributed by atoms with van der Waals surface area (Å²) in [5.74, 6) is -1.43. The smallest absolute Gasteiger partial charge is 0.276 e. The van der Waals surface area contributed by atoms with E-state index in [1.165, 1.54) is 12.1 Å². The van der Waals surface area contributed by atoms with Gasteiger partial charge in [0.05, 0.1) is 17.2 Å². The number of hydrogen-bond acceptors (Lipinski definition) is 4. The van der Waals surface area contributed by atoms with Crippen molar-refractivity contribution >= 4 is 27.7 Å². The predicted molar refractivity (Wildman–Crippen MR) is 86.4 cm³/mol. The Bertz CT molecular complexity index is 803. The fraction of sp³-hybridized carbons (Fsp3) is 0.0625. The van der Waals surface area contributed by atoms with Gasteiger partial charge in [0.1, 0.15) is 11.6 Å². The molecule has 2 aromatic rings. The third-order valence-electron chi connectivity index (χ3n) is 2.84. The second-order valence-corrected chi connectivity index (χ2v) is 5.41. The van der Waals surface area contributed by atoms with Crippen molar-refractivity contribution < 1.29 is 18.7 Å². The van der Waals surface area contributed by atoms with Crippen LogP contribution in [0.1, 0.15) is 15.9 Å². The van der Waals surface area contributed by atoms with Crippen LogP contribution in [0.5, 0.6) is 5.75 Å². The lowest BCUT2D eigenvalue weighted by Gasteiger charge is -2.09. The van der Waals surface area contributed by atoms with E-state index in [-0.39, 0.29) is 12.2 Å². The fourth-order valence-electron chi connectivity index (χ4n) is 1.68. The molecule has 0 unspecified atom stereocenters. The van der Waals surface area contributed by atoms with E-state index in [4.69, 9.17) is 10.00 Å². The average molecular weight is 392 g/mol. The van der Waals surface area contributed by atoms with Crippen molar-refractivity contribution in [3.8, 4) is 11.8 Å². The molecule has 0 aliphatic heterocycles. The SMILES string of the molecule is N#Cc1ccc(OCC(=O)NNC(=O)c2cc(F)ccc2Br)cc1. The molecule has 2 rings (SSSR count). The first kappa shape index (κ1) is 17.4. The van der Waals surface area contributed by atoms with E-state index < -0.39 is 17.6 Å². The summed E-state index contributed by atoms with van der Waals surface area (Å²) in [6, 6.07) is 11.8. The number of carbonyl (C=O) groups excluding carboxylic acids is 2. The number of halogens is 2. The van der Waals surface area contributed by atoms with Gasteiger partial charge in [0, 0.05) is 4.47 Å². The molecule has 0 radical (unpaired) electrons. The summed E-state index contributed by atoms with van der Waals surface area (Å²) in [6.07, 6.45) is 0. The maximum absolute atomic E-state index is 13.1. The summed E-state index contributed by atoms with van der Waals surface area (Å²) < 4.78 is 18.7. The molecule has 24 heavy (non-hydrogen) atoms. The van der Waals surface area contributed by atoms with Gasteiger partial charge in [-0.2, -0.15) is 5.26 Å². The number of hydrazine groups is 1. The first-order valence-electron chi connectivity index (χ1n) is 6.67. The van der Waals surface area contributed by atoms with Crippen molar-refractivity contribution in [1.82, 2.24) is 10.9 Å². The van der Waals surface area contributed by atoms with Crippen molar-refractivity contribution in [3.63, 3.8) is 0 Å². The third kappa shape index (κ3) is 4.79. The van der Waals surface area contributed by atoms with Crippen LogP contribution >= 0.6 is 15.9 Å². The molecule has 8 heteroatoms. The van der Waals surface area contributed by atoms with Crippen molar-refractivity contribution in [1.29, 1.82) is 5.26 Å². The number of hydrogen-bond donors (Lipinski definition) is 2. The zero-order valence-electron chi connectivity index (χ0n) is 12.2. The maximum atomic E-state index is 13.1. The van der Waals surface area contributed by atoms with Gasteiger partial charge in [-0.15, -0.1) is 0 Å². The number of nitrogens with one attached hydrogen (secondary N) is 2. The van der Waals surface area contributed by atoms with E-state index in [1.807, 2.05) is 6.07 Å². The third-order valence-corrected chi connectivity index (χ3v) is 3.53. The van der Waals surface area contributed by atoms with Crippen LogP contribution in [0.25, 0.3) is 0 Å². The topological polar surface area (TPSA) is 91.2 Å². The van der Waals surface area contributed by atoms with Gasteiger partial charge in [-0.3, -0.25) is 20.4 Å².